The molecule has 0 unspecified atom stereocenters. The van der Waals surface area contributed by atoms with E-state index in [2.05, 4.69) is 20.3 Å². The second-order valence-corrected chi connectivity index (χ2v) is 7.59. The summed E-state index contributed by atoms with van der Waals surface area (Å²) in [5.41, 5.74) is 0.693. The molecule has 10 heteroatoms. The van der Waals surface area contributed by atoms with Crippen molar-refractivity contribution in [2.45, 2.75) is 17.7 Å². The zero-order chi connectivity index (χ0) is 17.3. The van der Waals surface area contributed by atoms with E-state index < -0.39 is 10.0 Å². The van der Waals surface area contributed by atoms with Crippen molar-refractivity contribution >= 4 is 10.0 Å². The van der Waals surface area contributed by atoms with Gasteiger partial charge in [0.25, 0.3) is 10.0 Å². The van der Waals surface area contributed by atoms with Crippen LogP contribution in [0.4, 0.5) is 0 Å². The third kappa shape index (κ3) is 3.13. The number of aromatic amines is 1. The predicted molar refractivity (Wildman–Crippen MR) is 87.2 cm³/mol. The third-order valence-electron chi connectivity index (χ3n) is 3.98. The Balaban J connectivity index is 1.35. The van der Waals surface area contributed by atoms with Gasteiger partial charge in [0.1, 0.15) is 18.1 Å². The van der Waals surface area contributed by atoms with E-state index in [4.69, 9.17) is 4.74 Å². The Morgan fingerprint density at radius 1 is 1.24 bits per heavy atom. The topological polar surface area (TPSA) is 106 Å². The highest BCUT2D eigenvalue weighted by Gasteiger charge is 2.39. The molecule has 1 aromatic carbocycles. The van der Waals surface area contributed by atoms with Gasteiger partial charge in [0.2, 0.25) is 0 Å². The lowest BCUT2D eigenvalue weighted by Gasteiger charge is -2.37. The van der Waals surface area contributed by atoms with Gasteiger partial charge in [0.05, 0.1) is 24.8 Å². The summed E-state index contributed by atoms with van der Waals surface area (Å²) < 4.78 is 33.3. The van der Waals surface area contributed by atoms with Gasteiger partial charge in [-0.1, -0.05) is 23.4 Å². The van der Waals surface area contributed by atoms with Crippen LogP contribution in [0, 0.1) is 0 Å². The van der Waals surface area contributed by atoms with Crippen LogP contribution in [0.1, 0.15) is 11.7 Å². The number of benzene rings is 1. The molecule has 4 rings (SSSR count). The van der Waals surface area contributed by atoms with E-state index in [9.17, 15) is 8.42 Å². The fraction of sp³-hybridized carbons (Fsp3) is 0.267. The van der Waals surface area contributed by atoms with E-state index >= 15 is 0 Å². The van der Waals surface area contributed by atoms with Gasteiger partial charge in [-0.3, -0.25) is 0 Å². The number of sulfonamides is 1. The Bertz CT molecular complexity index is 933. The van der Waals surface area contributed by atoms with Crippen LogP contribution < -0.4 is 4.74 Å². The van der Waals surface area contributed by atoms with Crippen molar-refractivity contribution in [2.75, 3.05) is 13.1 Å². The molecular formula is C15H16N6O3S. The molecular weight excluding hydrogens is 344 g/mol. The zero-order valence-corrected chi connectivity index (χ0v) is 14.0. The van der Waals surface area contributed by atoms with Gasteiger partial charge >= 0.3 is 0 Å². The Kier molecular flexibility index (Phi) is 3.98. The molecule has 1 N–H and O–H groups in total. The first-order valence-electron chi connectivity index (χ1n) is 7.70. The monoisotopic (exact) mass is 360 g/mol. The Hall–Kier alpha value is -2.72. The predicted octanol–water partition coefficient (Wildman–Crippen LogP) is 0.826. The lowest BCUT2D eigenvalue weighted by atomic mass is 10.2. The number of H-pyrrole nitrogens is 1. The Morgan fingerprint density at radius 2 is 2.04 bits per heavy atom. The molecule has 1 fully saturated rings. The van der Waals surface area contributed by atoms with Crippen LogP contribution in [0.15, 0.2) is 54.1 Å². The molecule has 2 aromatic heterocycles. The quantitative estimate of drug-likeness (QED) is 0.698. The van der Waals surface area contributed by atoms with Gasteiger partial charge in [0, 0.05) is 13.1 Å². The number of nitrogens with one attached hydrogen (secondary N) is 1. The molecule has 1 aliphatic rings. The highest BCUT2D eigenvalue weighted by atomic mass is 32.2. The van der Waals surface area contributed by atoms with Crippen LogP contribution >= 0.6 is 0 Å². The molecule has 1 saturated heterocycles. The number of para-hydroxylation sites is 1. The molecule has 130 valence electrons. The summed E-state index contributed by atoms with van der Waals surface area (Å²) in [7, 11) is -3.51. The second kappa shape index (κ2) is 6.30. The van der Waals surface area contributed by atoms with Gasteiger partial charge in [-0.05, 0) is 12.1 Å². The number of nitrogens with zero attached hydrogens (tertiary/aromatic N) is 5. The average Bonchev–Trinajstić information content (AvgIpc) is 3.25. The molecule has 0 amide bonds. The van der Waals surface area contributed by atoms with Crippen molar-refractivity contribution in [2.24, 2.45) is 0 Å². The first-order chi connectivity index (χ1) is 12.1. The van der Waals surface area contributed by atoms with Crippen LogP contribution in [-0.4, -0.2) is 50.8 Å². The van der Waals surface area contributed by atoms with Crippen LogP contribution in [0.5, 0.6) is 5.75 Å². The van der Waals surface area contributed by atoms with E-state index in [-0.39, 0.29) is 11.1 Å². The number of hydrogen-bond acceptors (Lipinski definition) is 6. The molecule has 0 atom stereocenters. The summed E-state index contributed by atoms with van der Waals surface area (Å²) in [4.78, 5) is 6.38. The van der Waals surface area contributed by atoms with Gasteiger partial charge in [0.15, 0.2) is 5.03 Å². The third-order valence-corrected chi connectivity index (χ3v) is 5.74. The van der Waals surface area contributed by atoms with E-state index in [1.165, 1.54) is 16.8 Å². The lowest BCUT2D eigenvalue weighted by Crippen LogP contribution is -2.50. The molecule has 0 aliphatic carbocycles. The minimum atomic E-state index is -3.51. The average molecular weight is 360 g/mol. The molecule has 1 aliphatic heterocycles. The van der Waals surface area contributed by atoms with E-state index in [1.807, 2.05) is 30.3 Å². The molecule has 3 heterocycles. The highest BCUT2D eigenvalue weighted by Crippen LogP contribution is 2.26. The summed E-state index contributed by atoms with van der Waals surface area (Å²) in [5, 5.41) is 8.25. The summed E-state index contributed by atoms with van der Waals surface area (Å²) >= 11 is 0. The molecule has 0 bridgehead atoms. The number of aromatic nitrogens is 5. The summed E-state index contributed by atoms with van der Waals surface area (Å²) in [6.07, 6.45) is 4.44. The second-order valence-electron chi connectivity index (χ2n) is 5.68. The maximum Gasteiger partial charge on any atom is 0.260 e. The largest absolute Gasteiger partial charge is 0.487 e. The summed E-state index contributed by atoms with van der Waals surface area (Å²) in [6, 6.07) is 9.42. The van der Waals surface area contributed by atoms with Crippen molar-refractivity contribution in [3.8, 4) is 5.75 Å². The Labute approximate surface area is 144 Å². The maximum atomic E-state index is 12.3. The van der Waals surface area contributed by atoms with Crippen LogP contribution in [0.3, 0.4) is 0 Å². The van der Waals surface area contributed by atoms with E-state index in [0.29, 0.717) is 25.4 Å². The standard InChI is InChI=1S/C15H16N6O3S/c22-25(23,15-6-16-11-17-15)20-8-13(9-20)21-7-12(18-19-21)10-24-14-4-2-1-3-5-14/h1-7,11,13H,8-10H2,(H,16,17). The molecule has 9 nitrogen and oxygen atoms in total. The first-order valence-corrected chi connectivity index (χ1v) is 9.14. The summed E-state index contributed by atoms with van der Waals surface area (Å²) in [5.74, 6) is 0.762. The van der Waals surface area contributed by atoms with E-state index in [1.54, 1.807) is 10.9 Å². The van der Waals surface area contributed by atoms with Crippen molar-refractivity contribution < 1.29 is 13.2 Å². The Morgan fingerprint density at radius 3 is 2.76 bits per heavy atom. The number of rotatable bonds is 6. The van der Waals surface area contributed by atoms with Crippen LogP contribution in [0.2, 0.25) is 0 Å². The maximum absolute atomic E-state index is 12.3. The van der Waals surface area contributed by atoms with Gasteiger partial charge in [-0.25, -0.2) is 18.1 Å². The van der Waals surface area contributed by atoms with Gasteiger partial charge in [-0.2, -0.15) is 4.31 Å². The number of hydrogen-bond donors (Lipinski definition) is 1. The minimum absolute atomic E-state index is 0.0318. The van der Waals surface area contributed by atoms with Crippen molar-refractivity contribution in [1.29, 1.82) is 0 Å². The number of imidazole rings is 1. The molecule has 25 heavy (non-hydrogen) atoms. The normalized spacial score (nSPS) is 15.8. The fourth-order valence-corrected chi connectivity index (χ4v) is 3.95. The van der Waals surface area contributed by atoms with Crippen LogP contribution in [0.25, 0.3) is 0 Å². The lowest BCUT2D eigenvalue weighted by molar-refractivity contribution is 0.188. The highest BCUT2D eigenvalue weighted by molar-refractivity contribution is 7.89. The fourth-order valence-electron chi connectivity index (χ4n) is 2.54. The van der Waals surface area contributed by atoms with Crippen molar-refractivity contribution in [3.63, 3.8) is 0 Å². The van der Waals surface area contributed by atoms with Crippen molar-refractivity contribution in [3.05, 3.63) is 54.7 Å². The van der Waals surface area contributed by atoms with Crippen molar-refractivity contribution in [1.82, 2.24) is 29.3 Å². The van der Waals surface area contributed by atoms with Crippen LogP contribution in [-0.2, 0) is 16.6 Å². The molecule has 0 spiro atoms. The summed E-state index contributed by atoms with van der Waals surface area (Å²) in [6.45, 7) is 1.01. The smallest absolute Gasteiger partial charge is 0.260 e. The minimum Gasteiger partial charge on any atom is -0.487 e. The van der Waals surface area contributed by atoms with Gasteiger partial charge in [-0.15, -0.1) is 5.10 Å². The van der Waals surface area contributed by atoms with E-state index in [0.717, 1.165) is 5.75 Å². The first kappa shape index (κ1) is 15.8. The SMILES string of the molecule is O=S(=O)(c1cnc[nH]1)N1CC(n2cc(COc3ccccc3)nn2)C1. The molecule has 3 aromatic rings. The zero-order valence-electron chi connectivity index (χ0n) is 13.2. The molecule has 0 radical (unpaired) electrons. The number of ether oxygens (including phenoxy) is 1. The van der Waals surface area contributed by atoms with Gasteiger partial charge < -0.3 is 9.72 Å². The molecule has 0 saturated carbocycles.